The maximum absolute atomic E-state index is 13.1. The molecule has 1 aromatic rings. The number of nitrogens with two attached hydrogens (primary N) is 1. The zero-order valence-electron chi connectivity index (χ0n) is 16.0. The molecule has 0 saturated carbocycles. The number of hydrogen-bond acceptors (Lipinski definition) is 5. The topological polar surface area (TPSA) is 89.7 Å². The maximum Gasteiger partial charge on any atom is 0.324 e. The number of carbonyl (C=O) groups is 1. The largest absolute Gasteiger partial charge is 0.465 e. The fourth-order valence-corrected chi connectivity index (χ4v) is 4.55. The van der Waals surface area contributed by atoms with Gasteiger partial charge in [0, 0.05) is 11.7 Å². The van der Waals surface area contributed by atoms with Crippen molar-refractivity contribution in [2.24, 2.45) is 0 Å². The summed E-state index contributed by atoms with van der Waals surface area (Å²) >= 11 is 0. The summed E-state index contributed by atoms with van der Waals surface area (Å²) in [7, 11) is -3.84. The molecule has 1 unspecified atom stereocenters. The van der Waals surface area contributed by atoms with E-state index in [2.05, 4.69) is 6.92 Å². The predicted molar refractivity (Wildman–Crippen MR) is 107 cm³/mol. The molecule has 0 heterocycles. The SMILES string of the molecule is CCCCCC(C(=O)OCC)N(C(C)C)S(=O)(=O)c1ccc(N)cc1.Cl. The van der Waals surface area contributed by atoms with E-state index in [4.69, 9.17) is 10.5 Å². The Morgan fingerprint density at radius 3 is 2.19 bits per heavy atom. The molecule has 2 N–H and O–H groups in total. The van der Waals surface area contributed by atoms with Gasteiger partial charge >= 0.3 is 5.97 Å². The summed E-state index contributed by atoms with van der Waals surface area (Å²) in [6.07, 6.45) is 3.13. The number of rotatable bonds is 10. The van der Waals surface area contributed by atoms with Crippen molar-refractivity contribution in [3.8, 4) is 0 Å². The molecule has 0 radical (unpaired) electrons. The average Bonchev–Trinajstić information content (AvgIpc) is 2.54. The Hall–Kier alpha value is -1.31. The van der Waals surface area contributed by atoms with Crippen molar-refractivity contribution in [2.75, 3.05) is 12.3 Å². The molecule has 0 amide bonds. The molecule has 0 aliphatic rings. The molecule has 0 bridgehead atoms. The minimum Gasteiger partial charge on any atom is -0.465 e. The van der Waals surface area contributed by atoms with Gasteiger partial charge in [0.1, 0.15) is 6.04 Å². The van der Waals surface area contributed by atoms with Crippen molar-refractivity contribution in [3.63, 3.8) is 0 Å². The molecule has 0 aliphatic carbocycles. The Balaban J connectivity index is 0.00000625. The molecule has 26 heavy (non-hydrogen) atoms. The second-order valence-corrected chi connectivity index (χ2v) is 8.10. The number of nitrogens with zero attached hydrogens (tertiary/aromatic N) is 1. The minimum atomic E-state index is -3.84. The number of unbranched alkanes of at least 4 members (excludes halogenated alkanes) is 2. The van der Waals surface area contributed by atoms with Crippen LogP contribution in [0.15, 0.2) is 29.2 Å². The van der Waals surface area contributed by atoms with Crippen LogP contribution in [0.2, 0.25) is 0 Å². The van der Waals surface area contributed by atoms with E-state index in [9.17, 15) is 13.2 Å². The summed E-state index contributed by atoms with van der Waals surface area (Å²) in [4.78, 5) is 12.6. The zero-order chi connectivity index (χ0) is 19.0. The van der Waals surface area contributed by atoms with E-state index >= 15 is 0 Å². The minimum absolute atomic E-state index is 0. The van der Waals surface area contributed by atoms with E-state index in [0.717, 1.165) is 19.3 Å². The van der Waals surface area contributed by atoms with E-state index in [0.29, 0.717) is 12.1 Å². The summed E-state index contributed by atoms with van der Waals surface area (Å²) in [5, 5.41) is 0. The van der Waals surface area contributed by atoms with Crippen LogP contribution in [-0.4, -0.2) is 37.4 Å². The van der Waals surface area contributed by atoms with Gasteiger partial charge in [-0.05, 0) is 51.5 Å². The molecule has 1 rings (SSSR count). The number of esters is 1. The van der Waals surface area contributed by atoms with E-state index in [1.807, 2.05) is 0 Å². The molecule has 150 valence electrons. The molecule has 0 aromatic heterocycles. The molecule has 0 aliphatic heterocycles. The fraction of sp³-hybridized carbons (Fsp3) is 0.611. The third-order valence-corrected chi connectivity index (χ3v) is 6.01. The molecular formula is C18H31ClN2O4S. The van der Waals surface area contributed by atoms with E-state index in [-0.39, 0.29) is 30.0 Å². The molecule has 0 fully saturated rings. The lowest BCUT2D eigenvalue weighted by Gasteiger charge is -2.32. The Morgan fingerprint density at radius 1 is 1.15 bits per heavy atom. The van der Waals surface area contributed by atoms with Gasteiger partial charge in [0.15, 0.2) is 0 Å². The van der Waals surface area contributed by atoms with Crippen LogP contribution >= 0.6 is 12.4 Å². The standard InChI is InChI=1S/C18H30N2O4S.ClH/c1-5-7-8-9-17(18(21)24-6-2)20(14(3)4)25(22,23)16-12-10-15(19)11-13-16;/h10-14,17H,5-9,19H2,1-4H3;1H. The van der Waals surface area contributed by atoms with E-state index < -0.39 is 22.0 Å². The van der Waals surface area contributed by atoms with Crippen LogP contribution in [0.5, 0.6) is 0 Å². The van der Waals surface area contributed by atoms with Crippen molar-refractivity contribution < 1.29 is 17.9 Å². The number of ether oxygens (including phenoxy) is 1. The van der Waals surface area contributed by atoms with Gasteiger partial charge in [0.2, 0.25) is 10.0 Å². The van der Waals surface area contributed by atoms with Gasteiger partial charge in [-0.3, -0.25) is 4.79 Å². The van der Waals surface area contributed by atoms with Gasteiger partial charge in [0.25, 0.3) is 0 Å². The third-order valence-electron chi connectivity index (χ3n) is 3.91. The van der Waals surface area contributed by atoms with Crippen LogP contribution in [-0.2, 0) is 19.6 Å². The summed E-state index contributed by atoms with van der Waals surface area (Å²) in [5.74, 6) is -0.494. The van der Waals surface area contributed by atoms with Crippen LogP contribution in [0.25, 0.3) is 0 Å². The van der Waals surface area contributed by atoms with Crippen molar-refractivity contribution in [3.05, 3.63) is 24.3 Å². The number of benzene rings is 1. The van der Waals surface area contributed by atoms with Crippen molar-refractivity contribution in [1.82, 2.24) is 4.31 Å². The zero-order valence-corrected chi connectivity index (χ0v) is 17.6. The van der Waals surface area contributed by atoms with Crippen molar-refractivity contribution >= 4 is 34.1 Å². The third kappa shape index (κ3) is 6.45. The van der Waals surface area contributed by atoms with Gasteiger partial charge in [-0.2, -0.15) is 4.31 Å². The van der Waals surface area contributed by atoms with Crippen molar-refractivity contribution in [2.45, 2.75) is 70.4 Å². The van der Waals surface area contributed by atoms with Crippen molar-refractivity contribution in [1.29, 1.82) is 0 Å². The fourth-order valence-electron chi connectivity index (χ4n) is 2.74. The Kier molecular flexibility index (Phi) is 10.8. The molecule has 6 nitrogen and oxygen atoms in total. The first-order chi connectivity index (χ1) is 11.8. The number of halogens is 1. The normalized spacial score (nSPS) is 12.7. The van der Waals surface area contributed by atoms with Gasteiger partial charge < -0.3 is 10.5 Å². The van der Waals surface area contributed by atoms with Crippen LogP contribution in [0.4, 0.5) is 5.69 Å². The van der Waals surface area contributed by atoms with Crippen LogP contribution < -0.4 is 5.73 Å². The van der Waals surface area contributed by atoms with Gasteiger partial charge in [-0.25, -0.2) is 8.42 Å². The Morgan fingerprint density at radius 2 is 1.73 bits per heavy atom. The second-order valence-electron chi connectivity index (χ2n) is 6.26. The molecule has 1 aromatic carbocycles. The lowest BCUT2D eigenvalue weighted by molar-refractivity contribution is -0.148. The molecular weight excluding hydrogens is 376 g/mol. The van der Waals surface area contributed by atoms with Gasteiger partial charge in [0.05, 0.1) is 11.5 Å². The number of anilines is 1. The van der Waals surface area contributed by atoms with E-state index in [1.54, 1.807) is 32.9 Å². The molecule has 1 atom stereocenters. The highest BCUT2D eigenvalue weighted by Crippen LogP contribution is 2.25. The maximum atomic E-state index is 13.1. The van der Waals surface area contributed by atoms with E-state index in [1.165, 1.54) is 16.4 Å². The van der Waals surface area contributed by atoms with Crippen LogP contribution in [0.1, 0.15) is 53.4 Å². The first kappa shape index (κ1) is 24.7. The summed E-state index contributed by atoms with van der Waals surface area (Å²) in [6, 6.07) is 4.82. The van der Waals surface area contributed by atoms with Gasteiger partial charge in [-0.15, -0.1) is 12.4 Å². The predicted octanol–water partition coefficient (Wildman–Crippen LogP) is 3.60. The highest BCUT2D eigenvalue weighted by atomic mass is 35.5. The lowest BCUT2D eigenvalue weighted by atomic mass is 10.1. The molecule has 0 saturated heterocycles. The highest BCUT2D eigenvalue weighted by molar-refractivity contribution is 7.89. The lowest BCUT2D eigenvalue weighted by Crippen LogP contribution is -2.49. The second kappa shape index (κ2) is 11.4. The summed E-state index contributed by atoms with van der Waals surface area (Å²) < 4.78 is 32.7. The molecule has 8 heteroatoms. The number of sulfonamides is 1. The number of carbonyl (C=O) groups excluding carboxylic acids is 1. The summed E-state index contributed by atoms with van der Waals surface area (Å²) in [6.45, 7) is 7.53. The highest BCUT2D eigenvalue weighted by Gasteiger charge is 2.38. The smallest absolute Gasteiger partial charge is 0.324 e. The van der Waals surface area contributed by atoms with Crippen LogP contribution in [0, 0.1) is 0 Å². The molecule has 0 spiro atoms. The first-order valence-corrected chi connectivity index (χ1v) is 10.2. The summed E-state index contributed by atoms with van der Waals surface area (Å²) in [5.41, 5.74) is 6.14. The average molecular weight is 407 g/mol. The monoisotopic (exact) mass is 406 g/mol. The number of nitrogen functional groups attached to an aromatic ring is 1. The number of hydrogen-bond donors (Lipinski definition) is 1. The van der Waals surface area contributed by atoms with Gasteiger partial charge in [-0.1, -0.05) is 26.2 Å². The Bertz CT molecular complexity index is 648. The Labute approximate surface area is 163 Å². The van der Waals surface area contributed by atoms with Crippen LogP contribution in [0.3, 0.4) is 0 Å². The quantitative estimate of drug-likeness (QED) is 0.364. The first-order valence-electron chi connectivity index (χ1n) is 8.81.